The summed E-state index contributed by atoms with van der Waals surface area (Å²) < 4.78 is 7.41. The molecule has 0 aliphatic carbocycles. The number of phenols is 1. The van der Waals surface area contributed by atoms with E-state index in [9.17, 15) is 9.90 Å². The maximum Gasteiger partial charge on any atom is 0.226 e. The molecule has 1 N–H and O–H groups in total. The predicted molar refractivity (Wildman–Crippen MR) is 129 cm³/mol. The van der Waals surface area contributed by atoms with Gasteiger partial charge in [0, 0.05) is 16.2 Å². The summed E-state index contributed by atoms with van der Waals surface area (Å²) in [5.74, 6) is 0.527. The van der Waals surface area contributed by atoms with E-state index in [-0.39, 0.29) is 11.2 Å². The average molecular weight is 444 g/mol. The van der Waals surface area contributed by atoms with Crippen LogP contribution in [-0.4, -0.2) is 12.2 Å². The van der Waals surface area contributed by atoms with E-state index >= 15 is 0 Å². The fraction of sp³-hybridized carbons (Fsp3) is 0.0385. The molecule has 0 atom stereocenters. The second-order valence-electron chi connectivity index (χ2n) is 6.99. The molecule has 0 bridgehead atoms. The zero-order chi connectivity index (χ0) is 21.4. The van der Waals surface area contributed by atoms with Crippen LogP contribution in [0.25, 0.3) is 20.2 Å². The van der Waals surface area contributed by atoms with E-state index in [1.807, 2.05) is 60.7 Å². The van der Waals surface area contributed by atoms with Crippen molar-refractivity contribution < 1.29 is 9.84 Å². The first-order valence-electron chi connectivity index (χ1n) is 9.79. The molecule has 0 spiro atoms. The Kier molecular flexibility index (Phi) is 5.14. The molecule has 4 aromatic carbocycles. The standard InChI is InChI=1S/C26H18O3S2/c1-29-21-16-20(27)23-24(28)19-14-8-9-15-22(19)30-25(23)26(21)31(17-10-4-2-5-11-17)18-12-6-3-7-13-18/h2-16H,1H3/p+1. The van der Waals surface area contributed by atoms with Crippen LogP contribution in [0.1, 0.15) is 0 Å². The van der Waals surface area contributed by atoms with Gasteiger partial charge in [0.25, 0.3) is 0 Å². The highest BCUT2D eigenvalue weighted by Gasteiger charge is 2.36. The Morgan fingerprint density at radius 3 is 2.03 bits per heavy atom. The molecular formula is C26H19O3S2+. The number of methoxy groups -OCH3 is 1. The third-order valence-electron chi connectivity index (χ3n) is 5.13. The van der Waals surface area contributed by atoms with E-state index in [0.29, 0.717) is 16.5 Å². The lowest BCUT2D eigenvalue weighted by molar-refractivity contribution is 0.400. The number of fused-ring (bicyclic) bond motifs is 2. The number of hydrogen-bond donors (Lipinski definition) is 1. The first kappa shape index (κ1) is 19.7. The summed E-state index contributed by atoms with van der Waals surface area (Å²) in [4.78, 5) is 16.5. The van der Waals surface area contributed by atoms with Crippen LogP contribution < -0.4 is 10.2 Å². The molecule has 0 aliphatic heterocycles. The SMILES string of the molecule is COc1cc(O)c2c(=O)c3ccccc3sc2c1[S+](c1ccccc1)c1ccccc1. The van der Waals surface area contributed by atoms with Crippen molar-refractivity contribution in [2.24, 2.45) is 0 Å². The van der Waals surface area contributed by atoms with Gasteiger partial charge < -0.3 is 9.84 Å². The van der Waals surface area contributed by atoms with Crippen molar-refractivity contribution in [1.29, 1.82) is 0 Å². The topological polar surface area (TPSA) is 46.5 Å². The maximum atomic E-state index is 13.4. The molecule has 5 rings (SSSR count). The zero-order valence-electron chi connectivity index (χ0n) is 16.7. The largest absolute Gasteiger partial charge is 0.507 e. The van der Waals surface area contributed by atoms with Crippen LogP contribution in [0.4, 0.5) is 0 Å². The van der Waals surface area contributed by atoms with E-state index in [1.54, 1.807) is 13.2 Å². The number of rotatable bonds is 4. The van der Waals surface area contributed by atoms with E-state index in [2.05, 4.69) is 24.3 Å². The normalized spacial score (nSPS) is 11.3. The minimum absolute atomic E-state index is 0.0488. The fourth-order valence-corrected chi connectivity index (χ4v) is 7.48. The van der Waals surface area contributed by atoms with Gasteiger partial charge in [-0.05, 0) is 36.4 Å². The summed E-state index contributed by atoms with van der Waals surface area (Å²) in [5.41, 5.74) is -0.157. The van der Waals surface area contributed by atoms with Gasteiger partial charge in [0.05, 0.1) is 12.5 Å². The van der Waals surface area contributed by atoms with E-state index in [1.165, 1.54) is 11.3 Å². The summed E-state index contributed by atoms with van der Waals surface area (Å²) >= 11 is 1.52. The highest BCUT2D eigenvalue weighted by Crippen LogP contribution is 2.45. The Morgan fingerprint density at radius 2 is 1.42 bits per heavy atom. The molecule has 0 saturated carbocycles. The molecule has 1 heterocycles. The third-order valence-corrected chi connectivity index (χ3v) is 8.75. The molecule has 0 radical (unpaired) electrons. The van der Waals surface area contributed by atoms with Gasteiger partial charge in [0.1, 0.15) is 21.3 Å². The van der Waals surface area contributed by atoms with Crippen molar-refractivity contribution in [3.63, 3.8) is 0 Å². The lowest BCUT2D eigenvalue weighted by Crippen LogP contribution is -2.10. The Hall–Kier alpha value is -3.28. The smallest absolute Gasteiger partial charge is 0.226 e. The summed E-state index contributed by atoms with van der Waals surface area (Å²) in [7, 11) is 1.08. The molecule has 0 saturated heterocycles. The van der Waals surface area contributed by atoms with Crippen molar-refractivity contribution in [3.05, 3.63) is 101 Å². The molecule has 152 valence electrons. The molecule has 0 aliphatic rings. The van der Waals surface area contributed by atoms with Crippen LogP contribution in [-0.2, 0) is 10.9 Å². The minimum atomic E-state index is -0.525. The van der Waals surface area contributed by atoms with Gasteiger partial charge in [-0.15, -0.1) is 11.3 Å². The van der Waals surface area contributed by atoms with Gasteiger partial charge in [0.2, 0.25) is 4.90 Å². The molecule has 0 amide bonds. The van der Waals surface area contributed by atoms with Crippen LogP contribution in [0.15, 0.2) is 110 Å². The number of aromatic hydroxyl groups is 1. The molecule has 0 fully saturated rings. The van der Waals surface area contributed by atoms with Crippen LogP contribution in [0, 0.1) is 0 Å². The molecule has 1 aromatic heterocycles. The summed E-state index contributed by atoms with van der Waals surface area (Å²) in [6.45, 7) is 0. The van der Waals surface area contributed by atoms with Crippen molar-refractivity contribution in [3.8, 4) is 11.5 Å². The monoisotopic (exact) mass is 443 g/mol. The second-order valence-corrected chi connectivity index (χ2v) is 10.0. The van der Waals surface area contributed by atoms with Gasteiger partial charge >= 0.3 is 0 Å². The molecule has 3 nitrogen and oxygen atoms in total. The van der Waals surface area contributed by atoms with Crippen molar-refractivity contribution in [2.45, 2.75) is 14.7 Å². The number of hydrogen-bond acceptors (Lipinski definition) is 4. The van der Waals surface area contributed by atoms with Crippen molar-refractivity contribution in [2.75, 3.05) is 7.11 Å². The highest BCUT2D eigenvalue weighted by molar-refractivity contribution is 7.97. The number of phenolic OH excluding ortho intramolecular Hbond substituents is 1. The Balaban J connectivity index is 1.96. The summed E-state index contributed by atoms with van der Waals surface area (Å²) in [6.07, 6.45) is 0. The molecule has 5 aromatic rings. The Labute approximate surface area is 186 Å². The van der Waals surface area contributed by atoms with E-state index < -0.39 is 10.9 Å². The quantitative estimate of drug-likeness (QED) is 0.265. The summed E-state index contributed by atoms with van der Waals surface area (Å²) in [6, 6.07) is 29.6. The third kappa shape index (κ3) is 3.36. The number of benzene rings is 4. The fourth-order valence-electron chi connectivity index (χ4n) is 3.74. The van der Waals surface area contributed by atoms with Crippen molar-refractivity contribution in [1.82, 2.24) is 0 Å². The van der Waals surface area contributed by atoms with Crippen LogP contribution in [0.2, 0.25) is 0 Å². The van der Waals surface area contributed by atoms with Gasteiger partial charge in [-0.1, -0.05) is 48.5 Å². The highest BCUT2D eigenvalue weighted by atomic mass is 32.2. The summed E-state index contributed by atoms with van der Waals surface area (Å²) in [5, 5.41) is 11.8. The Morgan fingerprint density at radius 1 is 0.839 bits per heavy atom. The lowest BCUT2D eigenvalue weighted by Gasteiger charge is -2.14. The van der Waals surface area contributed by atoms with Crippen LogP contribution >= 0.6 is 11.3 Å². The van der Waals surface area contributed by atoms with E-state index in [0.717, 1.165) is 24.1 Å². The van der Waals surface area contributed by atoms with Gasteiger partial charge in [-0.25, -0.2) is 0 Å². The lowest BCUT2D eigenvalue weighted by atomic mass is 10.1. The zero-order valence-corrected chi connectivity index (χ0v) is 18.4. The van der Waals surface area contributed by atoms with Crippen LogP contribution in [0.5, 0.6) is 11.5 Å². The first-order chi connectivity index (χ1) is 15.2. The molecule has 0 unspecified atom stereocenters. The van der Waals surface area contributed by atoms with Crippen LogP contribution in [0.3, 0.4) is 0 Å². The molecule has 5 heteroatoms. The van der Waals surface area contributed by atoms with Gasteiger partial charge in [-0.3, -0.25) is 4.79 Å². The van der Waals surface area contributed by atoms with E-state index in [4.69, 9.17) is 4.74 Å². The maximum absolute atomic E-state index is 13.4. The first-order valence-corrected chi connectivity index (χ1v) is 11.8. The van der Waals surface area contributed by atoms with Gasteiger partial charge in [-0.2, -0.15) is 0 Å². The van der Waals surface area contributed by atoms with Gasteiger partial charge in [0.15, 0.2) is 21.0 Å². The Bertz CT molecular complexity index is 1410. The molecule has 31 heavy (non-hydrogen) atoms. The average Bonchev–Trinajstić information content (AvgIpc) is 2.82. The molecular weight excluding hydrogens is 424 g/mol. The predicted octanol–water partition coefficient (Wildman–Crippen LogP) is 6.22. The minimum Gasteiger partial charge on any atom is -0.507 e. The second kappa shape index (κ2) is 8.10. The van der Waals surface area contributed by atoms with Crippen molar-refractivity contribution >= 4 is 42.4 Å². The number of ether oxygens (including phenoxy) is 1.